The van der Waals surface area contributed by atoms with Gasteiger partial charge in [-0.1, -0.05) is 30.9 Å². The summed E-state index contributed by atoms with van der Waals surface area (Å²) in [5.41, 5.74) is 3.02. The van der Waals surface area contributed by atoms with Crippen molar-refractivity contribution in [2.75, 3.05) is 11.9 Å². The molecule has 0 radical (unpaired) electrons. The molecule has 0 aliphatic carbocycles. The van der Waals surface area contributed by atoms with E-state index >= 15 is 0 Å². The van der Waals surface area contributed by atoms with Crippen LogP contribution in [0.25, 0.3) is 22.4 Å². The van der Waals surface area contributed by atoms with Gasteiger partial charge in [0.25, 0.3) is 11.5 Å². The van der Waals surface area contributed by atoms with E-state index in [-0.39, 0.29) is 11.9 Å². The lowest BCUT2D eigenvalue weighted by Crippen LogP contribution is -2.42. The zero-order chi connectivity index (χ0) is 29.0. The van der Waals surface area contributed by atoms with Crippen molar-refractivity contribution in [3.63, 3.8) is 0 Å². The van der Waals surface area contributed by atoms with E-state index in [1.54, 1.807) is 36.9 Å². The predicted molar refractivity (Wildman–Crippen MR) is 156 cm³/mol. The van der Waals surface area contributed by atoms with Gasteiger partial charge in [-0.2, -0.15) is 10.4 Å². The number of amides is 1. The number of aliphatic hydroxyl groups is 1. The zero-order valence-electron chi connectivity index (χ0n) is 23.5. The molecule has 10 nitrogen and oxygen atoms in total. The maximum atomic E-state index is 13.0. The van der Waals surface area contributed by atoms with Gasteiger partial charge in [0, 0.05) is 12.7 Å². The van der Waals surface area contributed by atoms with Crippen LogP contribution in [-0.4, -0.2) is 50.2 Å². The third-order valence-electron chi connectivity index (χ3n) is 6.84. The lowest BCUT2D eigenvalue weighted by molar-refractivity contribution is -0.130. The number of hydrogen-bond donors (Lipinski definition) is 3. The van der Waals surface area contributed by atoms with Crippen molar-refractivity contribution in [2.45, 2.75) is 52.5 Å². The van der Waals surface area contributed by atoms with E-state index in [4.69, 9.17) is 15.0 Å². The molecule has 4 aromatic rings. The van der Waals surface area contributed by atoms with E-state index in [1.165, 1.54) is 6.92 Å². The molecule has 3 N–H and O–H groups in total. The normalized spacial score (nSPS) is 12.5. The van der Waals surface area contributed by atoms with Crippen LogP contribution >= 0.6 is 0 Å². The van der Waals surface area contributed by atoms with Gasteiger partial charge in [-0.3, -0.25) is 14.3 Å². The summed E-state index contributed by atoms with van der Waals surface area (Å²) in [7, 11) is 2.11. The number of carbonyl (C=O) groups excluding carboxylic acids is 1. The first-order valence-electron chi connectivity index (χ1n) is 13.3. The van der Waals surface area contributed by atoms with Crippen LogP contribution in [0.4, 0.5) is 5.69 Å². The smallest absolute Gasteiger partial charge is 0.277 e. The number of H-pyrrole nitrogens is 1. The van der Waals surface area contributed by atoms with Crippen molar-refractivity contribution >= 4 is 35.4 Å². The van der Waals surface area contributed by atoms with E-state index in [1.807, 2.05) is 32.0 Å². The number of carbonyl (C=O) groups is 1. The molecule has 0 saturated carbocycles. The molecule has 0 saturated heterocycles. The first-order valence-corrected chi connectivity index (χ1v) is 13.3. The minimum atomic E-state index is -1.66. The molecule has 2 aromatic carbocycles. The fourth-order valence-corrected chi connectivity index (χ4v) is 4.61. The molecule has 11 heteroatoms. The number of fused-ring (bicyclic) bond motifs is 1. The van der Waals surface area contributed by atoms with Crippen molar-refractivity contribution in [1.82, 2.24) is 19.7 Å². The van der Waals surface area contributed by atoms with Crippen LogP contribution in [-0.2, 0) is 18.3 Å². The van der Waals surface area contributed by atoms with E-state index in [9.17, 15) is 14.7 Å². The third-order valence-corrected chi connectivity index (χ3v) is 6.84. The molecule has 0 spiro atoms. The second kappa shape index (κ2) is 11.8. The molecule has 0 aliphatic rings. The van der Waals surface area contributed by atoms with Gasteiger partial charge in [0.1, 0.15) is 22.7 Å². The van der Waals surface area contributed by atoms with E-state index < -0.39 is 11.5 Å². The molecule has 40 heavy (non-hydrogen) atoms. The molecule has 0 bridgehead atoms. The number of nitrogens with one attached hydrogen (secondary N) is 2. The van der Waals surface area contributed by atoms with Crippen LogP contribution in [0, 0.1) is 18.3 Å². The molecule has 4 rings (SSSR count). The van der Waals surface area contributed by atoms with Crippen LogP contribution in [0.15, 0.2) is 41.2 Å². The molecular weight excluding hydrogens is 507 g/mol. The minimum absolute atomic E-state index is 0.147. The Balaban J connectivity index is 1.60. The summed E-state index contributed by atoms with van der Waals surface area (Å²) in [6.45, 7) is 7.61. The standard InChI is InChI=1S/C29H33BN6O4/c1-6-8-22-24-25(36(5)35-22)27(37)34-26(33-24)21-14-19(10-12-23(21)40-7-2)30-16-29(4,39)28(38)32-20-11-9-18(15-31)17(3)13-20/h9-14,30,39H,6-8,16H2,1-5H3,(H,32,38)(H,33,34,37)/t29-/m0/s1. The number of aromatic nitrogens is 4. The van der Waals surface area contributed by atoms with Gasteiger partial charge in [0.05, 0.1) is 29.5 Å². The van der Waals surface area contributed by atoms with Crippen molar-refractivity contribution in [1.29, 1.82) is 5.26 Å². The lowest BCUT2D eigenvalue weighted by Gasteiger charge is -2.22. The number of ether oxygens (including phenoxy) is 1. The maximum Gasteiger partial charge on any atom is 0.277 e. The number of nitrogens with zero attached hydrogens (tertiary/aromatic N) is 4. The Morgan fingerprint density at radius 2 is 2.05 bits per heavy atom. The molecule has 0 unspecified atom stereocenters. The monoisotopic (exact) mass is 540 g/mol. The predicted octanol–water partition coefficient (Wildman–Crippen LogP) is 2.72. The second-order valence-corrected chi connectivity index (χ2v) is 10.1. The summed E-state index contributed by atoms with van der Waals surface area (Å²) in [5.74, 6) is 0.392. The summed E-state index contributed by atoms with van der Waals surface area (Å²) < 4.78 is 7.40. The Morgan fingerprint density at radius 1 is 1.27 bits per heavy atom. The van der Waals surface area contributed by atoms with E-state index in [0.717, 1.165) is 23.1 Å². The molecular formula is C29H33BN6O4. The highest BCUT2D eigenvalue weighted by Crippen LogP contribution is 2.28. The molecule has 1 atom stereocenters. The van der Waals surface area contributed by atoms with Gasteiger partial charge in [-0.25, -0.2) is 4.98 Å². The van der Waals surface area contributed by atoms with Crippen LogP contribution in [0.2, 0.25) is 6.32 Å². The molecule has 0 fully saturated rings. The zero-order valence-corrected chi connectivity index (χ0v) is 23.5. The van der Waals surface area contributed by atoms with Crippen LogP contribution in [0.5, 0.6) is 5.75 Å². The molecule has 1 amide bonds. The number of benzene rings is 2. The average molecular weight is 540 g/mol. The minimum Gasteiger partial charge on any atom is -0.493 e. The Bertz CT molecular complexity index is 1670. The Hall–Kier alpha value is -4.43. The SMILES string of the molecule is CCCc1nn(C)c2c(=O)[nH]c(-c3cc(BC[C@](C)(O)C(=O)Nc4ccc(C#N)c(C)c4)ccc3OCC)nc12. The van der Waals surface area contributed by atoms with E-state index in [2.05, 4.69) is 21.5 Å². The first kappa shape index (κ1) is 28.6. The fourth-order valence-electron chi connectivity index (χ4n) is 4.61. The third kappa shape index (κ3) is 5.92. The number of aromatic amines is 1. The van der Waals surface area contributed by atoms with Gasteiger partial charge < -0.3 is 20.1 Å². The van der Waals surface area contributed by atoms with Crippen molar-refractivity contribution < 1.29 is 14.6 Å². The Labute approximate surface area is 233 Å². The summed E-state index contributed by atoms with van der Waals surface area (Å²) >= 11 is 0. The van der Waals surface area contributed by atoms with Gasteiger partial charge in [0.15, 0.2) is 12.8 Å². The van der Waals surface area contributed by atoms with Crippen LogP contribution < -0.4 is 21.1 Å². The second-order valence-electron chi connectivity index (χ2n) is 10.1. The molecule has 206 valence electrons. The molecule has 0 aliphatic heterocycles. The van der Waals surface area contributed by atoms with Crippen LogP contribution in [0.3, 0.4) is 0 Å². The highest BCUT2D eigenvalue weighted by Gasteiger charge is 2.30. The summed E-state index contributed by atoms with van der Waals surface area (Å²) in [6, 6.07) is 12.6. The Morgan fingerprint density at radius 3 is 2.73 bits per heavy atom. The number of nitriles is 1. The fraction of sp³-hybridized carbons (Fsp3) is 0.345. The highest BCUT2D eigenvalue weighted by atomic mass is 16.5. The van der Waals surface area contributed by atoms with E-state index in [0.29, 0.717) is 59.7 Å². The maximum absolute atomic E-state index is 13.0. The average Bonchev–Trinajstić information content (AvgIpc) is 3.23. The van der Waals surface area contributed by atoms with Gasteiger partial charge in [-0.05, 0) is 63.3 Å². The lowest BCUT2D eigenvalue weighted by atomic mass is 9.62. The number of rotatable bonds is 10. The quantitative estimate of drug-likeness (QED) is 0.262. The first-order chi connectivity index (χ1) is 19.1. The molecule has 2 aromatic heterocycles. The van der Waals surface area contributed by atoms with Crippen LogP contribution in [0.1, 0.15) is 44.0 Å². The van der Waals surface area contributed by atoms with Gasteiger partial charge in [0.2, 0.25) is 0 Å². The number of anilines is 1. The number of hydrogen-bond acceptors (Lipinski definition) is 7. The largest absolute Gasteiger partial charge is 0.493 e. The Kier molecular flexibility index (Phi) is 8.40. The summed E-state index contributed by atoms with van der Waals surface area (Å²) in [4.78, 5) is 33.6. The van der Waals surface area contributed by atoms with Crippen molar-refractivity contribution in [2.24, 2.45) is 7.05 Å². The molecule has 2 heterocycles. The summed E-state index contributed by atoms with van der Waals surface area (Å²) in [5, 5.41) is 27.3. The van der Waals surface area contributed by atoms with Gasteiger partial charge in [-0.15, -0.1) is 0 Å². The van der Waals surface area contributed by atoms with Crippen molar-refractivity contribution in [3.05, 3.63) is 63.6 Å². The van der Waals surface area contributed by atoms with Crippen molar-refractivity contribution in [3.8, 4) is 23.2 Å². The summed E-state index contributed by atoms with van der Waals surface area (Å²) in [6.07, 6.45) is 1.71. The number of aryl methyl sites for hydroxylation is 3. The highest BCUT2D eigenvalue weighted by molar-refractivity contribution is 6.54. The topological polar surface area (TPSA) is 146 Å². The van der Waals surface area contributed by atoms with Gasteiger partial charge >= 0.3 is 0 Å².